The number of halogens is 3. The van der Waals surface area contributed by atoms with Gasteiger partial charge in [-0.2, -0.15) is 27.7 Å². The molecular weight excluding hydrogens is 533 g/mol. The molecule has 1 N–H and O–H groups in total. The molecule has 206 valence electrons. The second-order valence-corrected chi connectivity index (χ2v) is 11.3. The fourth-order valence-corrected chi connectivity index (χ4v) is 5.36. The maximum absolute atomic E-state index is 14.0. The van der Waals surface area contributed by atoms with Crippen molar-refractivity contribution < 1.29 is 26.3 Å². The van der Waals surface area contributed by atoms with Gasteiger partial charge in [-0.25, -0.2) is 13.4 Å². The Hall–Kier alpha value is -3.89. The molecule has 1 fully saturated rings. The molecule has 1 aromatic carbocycles. The van der Waals surface area contributed by atoms with Crippen molar-refractivity contribution in [3.8, 4) is 11.9 Å². The van der Waals surface area contributed by atoms with E-state index in [0.717, 1.165) is 29.0 Å². The summed E-state index contributed by atoms with van der Waals surface area (Å²) in [5, 5.41) is 11.7. The summed E-state index contributed by atoms with van der Waals surface area (Å²) in [7, 11) is -3.41. The zero-order valence-electron chi connectivity index (χ0n) is 21.6. The molecule has 39 heavy (non-hydrogen) atoms. The number of nitriles is 1. The summed E-state index contributed by atoms with van der Waals surface area (Å²) in [6.07, 6.45) is 1.76. The minimum Gasteiger partial charge on any atom is -0.439 e. The van der Waals surface area contributed by atoms with Gasteiger partial charge in [0.15, 0.2) is 0 Å². The first-order chi connectivity index (χ1) is 18.3. The van der Waals surface area contributed by atoms with E-state index >= 15 is 0 Å². The van der Waals surface area contributed by atoms with Crippen LogP contribution in [0.1, 0.15) is 25.8 Å². The Morgan fingerprint density at radius 1 is 1.15 bits per heavy atom. The van der Waals surface area contributed by atoms with E-state index in [1.54, 1.807) is 6.07 Å². The van der Waals surface area contributed by atoms with Gasteiger partial charge in [-0.15, -0.1) is 0 Å². The van der Waals surface area contributed by atoms with Gasteiger partial charge in [0.2, 0.25) is 21.9 Å². The normalized spacial score (nSPS) is 18.1. The van der Waals surface area contributed by atoms with Gasteiger partial charge in [0.1, 0.15) is 5.76 Å². The zero-order chi connectivity index (χ0) is 28.4. The second-order valence-electron chi connectivity index (χ2n) is 9.29. The lowest BCUT2D eigenvalue weighted by Gasteiger charge is -2.36. The molecule has 9 nitrogen and oxygen atoms in total. The fourth-order valence-electron chi connectivity index (χ4n) is 4.53. The number of benzene rings is 1. The summed E-state index contributed by atoms with van der Waals surface area (Å²) in [6.45, 7) is 4.24. The Bertz CT molecular complexity index is 1500. The molecule has 0 amide bonds. The Labute approximate surface area is 225 Å². The topological polar surface area (TPSA) is 111 Å². The second kappa shape index (κ2) is 11.1. The fraction of sp³-hybridized carbons (Fsp3) is 0.346. The van der Waals surface area contributed by atoms with Crippen LogP contribution in [0.15, 0.2) is 65.1 Å². The van der Waals surface area contributed by atoms with E-state index in [-0.39, 0.29) is 49.4 Å². The molecule has 4 rings (SSSR count). The number of sulfonamides is 1. The quantitative estimate of drug-likeness (QED) is 0.503. The summed E-state index contributed by atoms with van der Waals surface area (Å²) >= 11 is 0. The van der Waals surface area contributed by atoms with Crippen molar-refractivity contribution >= 4 is 27.3 Å². The molecule has 0 atom stereocenters. The number of allylic oxidation sites excluding steroid dienone is 5. The van der Waals surface area contributed by atoms with Gasteiger partial charge in [-0.1, -0.05) is 6.08 Å². The van der Waals surface area contributed by atoms with Crippen LogP contribution in [-0.4, -0.2) is 55.1 Å². The number of anilines is 3. The summed E-state index contributed by atoms with van der Waals surface area (Å²) in [4.78, 5) is 9.93. The minimum absolute atomic E-state index is 0.0222. The number of alkyl halides is 3. The predicted molar refractivity (Wildman–Crippen MR) is 141 cm³/mol. The van der Waals surface area contributed by atoms with Crippen molar-refractivity contribution in [2.24, 2.45) is 0 Å². The average Bonchev–Trinajstić information content (AvgIpc) is 2.86. The monoisotopic (exact) mass is 560 g/mol. The molecule has 1 aliphatic carbocycles. The standard InChI is InChI=1S/C26H27F3N6O3S/c1-17-14-19(6-8-30)15-18(2)24(17)38-23-7-9-31-25(33-23)32-20-4-5-22(21(16-20)26(27,28)29)34-10-12-35(13-11-34)39(3,36)37/h4-7,9,14,16H,10-13,15H2,1-3H3,(H,31,32,33)/b19-6+. The van der Waals surface area contributed by atoms with Crippen LogP contribution in [0.5, 0.6) is 5.88 Å². The van der Waals surface area contributed by atoms with Crippen molar-refractivity contribution in [2.75, 3.05) is 42.7 Å². The molecule has 0 bridgehead atoms. The summed E-state index contributed by atoms with van der Waals surface area (Å²) < 4.78 is 72.8. The Kier molecular flexibility index (Phi) is 7.99. The average molecular weight is 561 g/mol. The Balaban J connectivity index is 1.53. The van der Waals surface area contributed by atoms with E-state index < -0.39 is 21.8 Å². The lowest BCUT2D eigenvalue weighted by Crippen LogP contribution is -2.48. The van der Waals surface area contributed by atoms with Gasteiger partial charge in [0, 0.05) is 55.9 Å². The molecule has 0 radical (unpaired) electrons. The third kappa shape index (κ3) is 6.76. The molecule has 13 heteroatoms. The number of piperazine rings is 1. The lowest BCUT2D eigenvalue weighted by atomic mass is 9.95. The van der Waals surface area contributed by atoms with Crippen LogP contribution in [0.25, 0.3) is 0 Å². The highest BCUT2D eigenvalue weighted by atomic mass is 32.2. The third-order valence-electron chi connectivity index (χ3n) is 6.31. The smallest absolute Gasteiger partial charge is 0.418 e. The molecule has 1 aromatic heterocycles. The van der Waals surface area contributed by atoms with Crippen LogP contribution in [0, 0.1) is 11.3 Å². The van der Waals surface area contributed by atoms with Crippen LogP contribution in [0.2, 0.25) is 0 Å². The number of aromatic nitrogens is 2. The van der Waals surface area contributed by atoms with Crippen LogP contribution in [0.3, 0.4) is 0 Å². The number of hydrogen-bond acceptors (Lipinski definition) is 8. The van der Waals surface area contributed by atoms with E-state index in [2.05, 4.69) is 15.3 Å². The first-order valence-electron chi connectivity index (χ1n) is 12.0. The summed E-state index contributed by atoms with van der Waals surface area (Å²) in [6, 6.07) is 7.40. The van der Waals surface area contributed by atoms with Crippen molar-refractivity contribution in [1.29, 1.82) is 5.26 Å². The van der Waals surface area contributed by atoms with Crippen LogP contribution < -0.4 is 15.0 Å². The maximum atomic E-state index is 14.0. The van der Waals surface area contributed by atoms with Gasteiger partial charge in [-0.05, 0) is 55.2 Å². The van der Waals surface area contributed by atoms with E-state index in [1.165, 1.54) is 33.6 Å². The predicted octanol–water partition coefficient (Wildman–Crippen LogP) is 4.77. The molecule has 0 saturated carbocycles. The van der Waals surface area contributed by atoms with Crippen LogP contribution in [0.4, 0.5) is 30.5 Å². The summed E-state index contributed by atoms with van der Waals surface area (Å²) in [5.41, 5.74) is 1.85. The number of rotatable bonds is 6. The van der Waals surface area contributed by atoms with Crippen LogP contribution in [-0.2, 0) is 16.2 Å². The third-order valence-corrected chi connectivity index (χ3v) is 7.61. The van der Waals surface area contributed by atoms with E-state index in [4.69, 9.17) is 10.00 Å². The largest absolute Gasteiger partial charge is 0.439 e. The Morgan fingerprint density at radius 2 is 1.87 bits per heavy atom. The molecule has 0 unspecified atom stereocenters. The van der Waals surface area contributed by atoms with Crippen molar-refractivity contribution in [3.63, 3.8) is 0 Å². The molecule has 1 saturated heterocycles. The SMILES string of the molecule is CC1=C/C(=C\C#N)CC(C)=C1Oc1ccnc(Nc2ccc(N3CCN(S(C)(=O)=O)CC3)c(C(F)(F)F)c2)n1. The number of nitrogens with zero attached hydrogens (tertiary/aromatic N) is 5. The molecule has 2 aromatic rings. The van der Waals surface area contributed by atoms with E-state index in [0.29, 0.717) is 12.2 Å². The van der Waals surface area contributed by atoms with Crippen molar-refractivity contribution in [1.82, 2.24) is 14.3 Å². The van der Waals surface area contributed by atoms with Gasteiger partial charge in [0.25, 0.3) is 0 Å². The zero-order valence-corrected chi connectivity index (χ0v) is 22.4. The molecule has 0 spiro atoms. The van der Waals surface area contributed by atoms with Gasteiger partial charge in [0.05, 0.1) is 17.9 Å². The van der Waals surface area contributed by atoms with Crippen molar-refractivity contribution in [2.45, 2.75) is 26.4 Å². The van der Waals surface area contributed by atoms with Gasteiger partial charge in [-0.3, -0.25) is 0 Å². The first kappa shape index (κ1) is 28.1. The van der Waals surface area contributed by atoms with Crippen molar-refractivity contribution in [3.05, 3.63) is 70.7 Å². The molecule has 2 heterocycles. The molecule has 1 aliphatic heterocycles. The van der Waals surface area contributed by atoms with Gasteiger partial charge >= 0.3 is 6.18 Å². The molecule has 2 aliphatic rings. The highest BCUT2D eigenvalue weighted by Gasteiger charge is 2.36. The van der Waals surface area contributed by atoms with Crippen LogP contribution >= 0.6 is 0 Å². The summed E-state index contributed by atoms with van der Waals surface area (Å²) in [5.74, 6) is 0.865. The maximum Gasteiger partial charge on any atom is 0.418 e. The lowest BCUT2D eigenvalue weighted by molar-refractivity contribution is -0.137. The Morgan fingerprint density at radius 3 is 2.49 bits per heavy atom. The number of ether oxygens (including phenoxy) is 1. The number of nitrogens with one attached hydrogen (secondary N) is 1. The highest BCUT2D eigenvalue weighted by Crippen LogP contribution is 2.39. The van der Waals surface area contributed by atoms with E-state index in [1.807, 2.05) is 26.0 Å². The van der Waals surface area contributed by atoms with Gasteiger partial charge < -0.3 is 15.0 Å². The number of hydrogen-bond donors (Lipinski definition) is 1. The van der Waals surface area contributed by atoms with E-state index in [9.17, 15) is 21.6 Å². The molecular formula is C26H27F3N6O3S. The first-order valence-corrected chi connectivity index (χ1v) is 13.9. The highest BCUT2D eigenvalue weighted by molar-refractivity contribution is 7.88. The minimum atomic E-state index is -4.64.